The van der Waals surface area contributed by atoms with E-state index in [1.165, 1.54) is 0 Å². The van der Waals surface area contributed by atoms with Crippen LogP contribution in [-0.2, 0) is 13.6 Å². The molecular weight excluding hydrogens is 230 g/mol. The molecule has 96 valence electrons. The fourth-order valence-corrected chi connectivity index (χ4v) is 1.86. The molecule has 6 heteroatoms. The first kappa shape index (κ1) is 12.3. The van der Waals surface area contributed by atoms with E-state index in [-0.39, 0.29) is 11.9 Å². The van der Waals surface area contributed by atoms with Crippen LogP contribution in [-0.4, -0.2) is 25.5 Å². The van der Waals surface area contributed by atoms with Gasteiger partial charge in [0.15, 0.2) is 0 Å². The molecule has 0 aliphatic carbocycles. The predicted molar refractivity (Wildman–Crippen MR) is 67.0 cm³/mol. The minimum absolute atomic E-state index is 0.0954. The summed E-state index contributed by atoms with van der Waals surface area (Å²) in [7, 11) is 1.78. The van der Waals surface area contributed by atoms with Gasteiger partial charge < -0.3 is 5.32 Å². The number of carbonyl (C=O) groups excluding carboxylic acids is 1. The Labute approximate surface area is 106 Å². The monoisotopic (exact) mass is 247 g/mol. The first-order chi connectivity index (χ1) is 8.61. The van der Waals surface area contributed by atoms with Crippen molar-refractivity contribution in [2.45, 2.75) is 26.4 Å². The highest BCUT2D eigenvalue weighted by Gasteiger charge is 2.15. The van der Waals surface area contributed by atoms with Crippen LogP contribution in [0.25, 0.3) is 0 Å². The van der Waals surface area contributed by atoms with E-state index < -0.39 is 0 Å². The molecule has 2 aromatic rings. The highest BCUT2D eigenvalue weighted by atomic mass is 16.2. The molecule has 18 heavy (non-hydrogen) atoms. The lowest BCUT2D eigenvalue weighted by molar-refractivity contribution is 0.0932. The zero-order chi connectivity index (χ0) is 13.1. The highest BCUT2D eigenvalue weighted by molar-refractivity contribution is 5.92. The van der Waals surface area contributed by atoms with Crippen LogP contribution in [0.15, 0.2) is 24.5 Å². The summed E-state index contributed by atoms with van der Waals surface area (Å²) >= 11 is 0. The Morgan fingerprint density at radius 3 is 2.89 bits per heavy atom. The van der Waals surface area contributed by atoms with Gasteiger partial charge in [0, 0.05) is 26.0 Å². The van der Waals surface area contributed by atoms with Gasteiger partial charge in [-0.25, -0.2) is 0 Å². The summed E-state index contributed by atoms with van der Waals surface area (Å²) in [4.78, 5) is 11.9. The molecule has 6 nitrogen and oxygen atoms in total. The molecule has 0 aromatic carbocycles. The van der Waals surface area contributed by atoms with E-state index in [4.69, 9.17) is 0 Å². The molecule has 0 fully saturated rings. The Balaban J connectivity index is 2.08. The van der Waals surface area contributed by atoms with Crippen LogP contribution in [0.1, 0.15) is 36.1 Å². The summed E-state index contributed by atoms with van der Waals surface area (Å²) in [5.74, 6) is -0.174. The van der Waals surface area contributed by atoms with E-state index in [0.717, 1.165) is 12.2 Å². The van der Waals surface area contributed by atoms with Crippen molar-refractivity contribution in [2.75, 3.05) is 0 Å². The lowest BCUT2D eigenvalue weighted by Gasteiger charge is -2.14. The van der Waals surface area contributed by atoms with E-state index in [1.54, 1.807) is 30.2 Å². The number of nitrogens with zero attached hydrogens (tertiary/aromatic N) is 4. The number of rotatable bonds is 4. The molecule has 0 aliphatic rings. The number of amides is 1. The third-order valence-electron chi connectivity index (χ3n) is 2.79. The zero-order valence-corrected chi connectivity index (χ0v) is 10.8. The van der Waals surface area contributed by atoms with E-state index >= 15 is 0 Å². The number of aromatic nitrogens is 4. The number of nitrogens with one attached hydrogen (secondary N) is 1. The Hall–Kier alpha value is -2.11. The fraction of sp³-hybridized carbons (Fsp3) is 0.417. The molecule has 0 aliphatic heterocycles. The molecule has 0 bridgehead atoms. The quantitative estimate of drug-likeness (QED) is 0.880. The lowest BCUT2D eigenvalue weighted by Crippen LogP contribution is -2.28. The summed E-state index contributed by atoms with van der Waals surface area (Å²) in [6.07, 6.45) is 3.48. The normalized spacial score (nSPS) is 12.4. The van der Waals surface area contributed by atoms with Crippen molar-refractivity contribution in [3.63, 3.8) is 0 Å². The zero-order valence-electron chi connectivity index (χ0n) is 10.8. The minimum Gasteiger partial charge on any atom is -0.343 e. The topological polar surface area (TPSA) is 64.7 Å². The van der Waals surface area contributed by atoms with Crippen LogP contribution in [0.4, 0.5) is 0 Å². The van der Waals surface area contributed by atoms with Crippen LogP contribution in [0.2, 0.25) is 0 Å². The van der Waals surface area contributed by atoms with E-state index in [9.17, 15) is 4.79 Å². The second-order valence-electron chi connectivity index (χ2n) is 4.14. The van der Waals surface area contributed by atoms with Crippen molar-refractivity contribution in [1.82, 2.24) is 24.9 Å². The molecule has 0 saturated heterocycles. The molecule has 2 aromatic heterocycles. The predicted octanol–water partition coefficient (Wildman–Crippen LogP) is 1.13. The van der Waals surface area contributed by atoms with Crippen molar-refractivity contribution in [2.24, 2.45) is 7.05 Å². The van der Waals surface area contributed by atoms with Gasteiger partial charge in [0.1, 0.15) is 5.69 Å². The summed E-state index contributed by atoms with van der Waals surface area (Å²) in [6, 6.07) is 3.51. The third-order valence-corrected chi connectivity index (χ3v) is 2.79. The van der Waals surface area contributed by atoms with Crippen LogP contribution < -0.4 is 5.32 Å². The van der Waals surface area contributed by atoms with Gasteiger partial charge in [-0.3, -0.25) is 14.2 Å². The molecule has 0 saturated carbocycles. The number of hydrogen-bond acceptors (Lipinski definition) is 3. The van der Waals surface area contributed by atoms with Crippen LogP contribution in [0, 0.1) is 0 Å². The van der Waals surface area contributed by atoms with Gasteiger partial charge >= 0.3 is 0 Å². The molecule has 2 rings (SSSR count). The molecule has 0 radical (unpaired) electrons. The summed E-state index contributed by atoms with van der Waals surface area (Å²) in [6.45, 7) is 4.74. The van der Waals surface area contributed by atoms with Crippen molar-refractivity contribution in [3.05, 3.63) is 35.9 Å². The van der Waals surface area contributed by atoms with Crippen molar-refractivity contribution < 1.29 is 4.79 Å². The molecule has 1 unspecified atom stereocenters. The maximum Gasteiger partial charge on any atom is 0.272 e. The van der Waals surface area contributed by atoms with Gasteiger partial charge in [0.05, 0.1) is 11.7 Å². The molecule has 2 heterocycles. The van der Waals surface area contributed by atoms with Crippen LogP contribution >= 0.6 is 0 Å². The summed E-state index contributed by atoms with van der Waals surface area (Å²) < 4.78 is 3.47. The SMILES string of the molecule is CCn1nccc1C(C)NC(=O)c1ccn(C)n1. The average Bonchev–Trinajstić information content (AvgIpc) is 2.96. The second kappa shape index (κ2) is 5.03. The smallest absolute Gasteiger partial charge is 0.272 e. The van der Waals surface area contributed by atoms with Gasteiger partial charge in [-0.1, -0.05) is 0 Å². The third kappa shape index (κ3) is 2.42. The molecule has 1 amide bonds. The van der Waals surface area contributed by atoms with Gasteiger partial charge in [0.25, 0.3) is 5.91 Å². The average molecular weight is 247 g/mol. The maximum absolute atomic E-state index is 11.9. The molecule has 1 atom stereocenters. The van der Waals surface area contributed by atoms with E-state index in [1.807, 2.05) is 24.6 Å². The van der Waals surface area contributed by atoms with Crippen molar-refractivity contribution in [3.8, 4) is 0 Å². The Kier molecular flexibility index (Phi) is 3.45. The lowest BCUT2D eigenvalue weighted by atomic mass is 10.2. The first-order valence-electron chi connectivity index (χ1n) is 5.94. The second-order valence-corrected chi connectivity index (χ2v) is 4.14. The highest BCUT2D eigenvalue weighted by Crippen LogP contribution is 2.12. The van der Waals surface area contributed by atoms with Gasteiger partial charge in [0.2, 0.25) is 0 Å². The Morgan fingerprint density at radius 1 is 1.50 bits per heavy atom. The Morgan fingerprint density at radius 2 is 2.28 bits per heavy atom. The maximum atomic E-state index is 11.9. The van der Waals surface area contributed by atoms with E-state index in [2.05, 4.69) is 15.5 Å². The van der Waals surface area contributed by atoms with Crippen molar-refractivity contribution >= 4 is 5.91 Å². The van der Waals surface area contributed by atoms with Gasteiger partial charge in [-0.15, -0.1) is 0 Å². The van der Waals surface area contributed by atoms with Crippen molar-refractivity contribution in [1.29, 1.82) is 0 Å². The largest absolute Gasteiger partial charge is 0.343 e. The van der Waals surface area contributed by atoms with Crippen LogP contribution in [0.3, 0.4) is 0 Å². The van der Waals surface area contributed by atoms with Crippen LogP contribution in [0.5, 0.6) is 0 Å². The fourth-order valence-electron chi connectivity index (χ4n) is 1.86. The minimum atomic E-state index is -0.174. The van der Waals surface area contributed by atoms with Gasteiger partial charge in [-0.05, 0) is 26.0 Å². The molecule has 1 N–H and O–H groups in total. The molecule has 0 spiro atoms. The van der Waals surface area contributed by atoms with E-state index in [0.29, 0.717) is 5.69 Å². The first-order valence-corrected chi connectivity index (χ1v) is 5.94. The van der Waals surface area contributed by atoms with Gasteiger partial charge in [-0.2, -0.15) is 10.2 Å². The molecular formula is C12H17N5O. The standard InChI is InChI=1S/C12H17N5O/c1-4-17-11(5-7-13-17)9(2)14-12(18)10-6-8-16(3)15-10/h5-9H,4H2,1-3H3,(H,14,18). The number of aryl methyl sites for hydroxylation is 2. The number of hydrogen-bond donors (Lipinski definition) is 1. The number of carbonyl (C=O) groups is 1. The summed E-state index contributed by atoms with van der Waals surface area (Å²) in [5.41, 5.74) is 1.41. The Bertz CT molecular complexity index is 542. The summed E-state index contributed by atoms with van der Waals surface area (Å²) in [5, 5.41) is 11.2.